The van der Waals surface area contributed by atoms with E-state index >= 15 is 0 Å². The highest BCUT2D eigenvalue weighted by Gasteiger charge is 2.70. The van der Waals surface area contributed by atoms with Gasteiger partial charge in [-0.15, -0.1) is 0 Å². The number of halogens is 2. The van der Waals surface area contributed by atoms with E-state index in [1.165, 1.54) is 7.11 Å². The van der Waals surface area contributed by atoms with Gasteiger partial charge in [-0.3, -0.25) is 4.79 Å². The van der Waals surface area contributed by atoms with Crippen LogP contribution in [0.1, 0.15) is 25.7 Å². The molecule has 2 rings (SSSR count). The highest BCUT2D eigenvalue weighted by molar-refractivity contribution is 7.99. The van der Waals surface area contributed by atoms with Crippen LogP contribution in [0.25, 0.3) is 0 Å². The van der Waals surface area contributed by atoms with Crippen molar-refractivity contribution in [1.82, 2.24) is 0 Å². The van der Waals surface area contributed by atoms with Gasteiger partial charge in [-0.2, -0.15) is 11.8 Å². The van der Waals surface area contributed by atoms with Crippen molar-refractivity contribution in [3.63, 3.8) is 0 Å². The number of aliphatic hydroxyl groups is 1. The van der Waals surface area contributed by atoms with Gasteiger partial charge in [0.05, 0.1) is 12.7 Å². The Kier molecular flexibility index (Phi) is 3.14. The molecule has 0 spiro atoms. The molecular formula is C11H16F2O3S. The van der Waals surface area contributed by atoms with Crippen molar-refractivity contribution in [1.29, 1.82) is 0 Å². The third-order valence-electron chi connectivity index (χ3n) is 3.91. The number of thioether (sulfide) groups is 1. The van der Waals surface area contributed by atoms with E-state index in [9.17, 15) is 18.7 Å². The number of ether oxygens (including phenoxy) is 1. The summed E-state index contributed by atoms with van der Waals surface area (Å²) in [6.45, 7) is 0. The SMILES string of the molecule is COC(=O)C1(C2(O)CCSCC2)CC(F)(F)C1. The van der Waals surface area contributed by atoms with Crippen molar-refractivity contribution < 1.29 is 23.4 Å². The third-order valence-corrected chi connectivity index (χ3v) is 4.89. The Morgan fingerprint density at radius 2 is 1.82 bits per heavy atom. The number of esters is 1. The van der Waals surface area contributed by atoms with E-state index in [1.54, 1.807) is 11.8 Å². The summed E-state index contributed by atoms with van der Waals surface area (Å²) in [7, 11) is 1.18. The maximum atomic E-state index is 13.1. The van der Waals surface area contributed by atoms with E-state index in [0.717, 1.165) is 0 Å². The van der Waals surface area contributed by atoms with E-state index in [-0.39, 0.29) is 0 Å². The molecule has 1 aliphatic heterocycles. The normalized spacial score (nSPS) is 29.2. The second-order valence-corrected chi connectivity index (χ2v) is 6.15. The van der Waals surface area contributed by atoms with Crippen molar-refractivity contribution in [3.05, 3.63) is 0 Å². The average Bonchev–Trinajstić information content (AvgIpc) is 2.25. The van der Waals surface area contributed by atoms with Crippen LogP contribution in [0.3, 0.4) is 0 Å². The first kappa shape index (κ1) is 13.1. The summed E-state index contributed by atoms with van der Waals surface area (Å²) in [4.78, 5) is 11.8. The molecule has 0 atom stereocenters. The highest BCUT2D eigenvalue weighted by Crippen LogP contribution is 2.61. The Morgan fingerprint density at radius 1 is 1.29 bits per heavy atom. The van der Waals surface area contributed by atoms with Crippen LogP contribution in [0, 0.1) is 5.41 Å². The topological polar surface area (TPSA) is 46.5 Å². The number of methoxy groups -OCH3 is 1. The van der Waals surface area contributed by atoms with Crippen molar-refractivity contribution in [2.75, 3.05) is 18.6 Å². The molecule has 0 radical (unpaired) electrons. The summed E-state index contributed by atoms with van der Waals surface area (Å²) in [5.41, 5.74) is -2.72. The summed E-state index contributed by atoms with van der Waals surface area (Å²) in [6, 6.07) is 0. The van der Waals surface area contributed by atoms with Gasteiger partial charge >= 0.3 is 5.97 Å². The van der Waals surface area contributed by atoms with Gasteiger partial charge < -0.3 is 9.84 Å². The molecule has 2 aliphatic rings. The van der Waals surface area contributed by atoms with Gasteiger partial charge in [0.2, 0.25) is 0 Å². The summed E-state index contributed by atoms with van der Waals surface area (Å²) in [5.74, 6) is -2.16. The van der Waals surface area contributed by atoms with Gasteiger partial charge in [0, 0.05) is 12.8 Å². The number of rotatable bonds is 2. The van der Waals surface area contributed by atoms with Crippen LogP contribution in [0.5, 0.6) is 0 Å². The molecule has 3 nitrogen and oxygen atoms in total. The Bertz CT molecular complexity index is 319. The molecule has 98 valence electrons. The van der Waals surface area contributed by atoms with Crippen LogP contribution in [-0.4, -0.2) is 41.2 Å². The van der Waals surface area contributed by atoms with Gasteiger partial charge in [-0.05, 0) is 24.3 Å². The molecule has 6 heteroatoms. The lowest BCUT2D eigenvalue weighted by molar-refractivity contribution is -0.247. The van der Waals surface area contributed by atoms with E-state index in [2.05, 4.69) is 4.74 Å². The Morgan fingerprint density at radius 3 is 2.24 bits per heavy atom. The van der Waals surface area contributed by atoms with E-state index in [0.29, 0.717) is 24.3 Å². The van der Waals surface area contributed by atoms with Gasteiger partial charge in [-0.1, -0.05) is 0 Å². The minimum absolute atomic E-state index is 0.378. The summed E-state index contributed by atoms with van der Waals surface area (Å²) < 4.78 is 30.9. The Balaban J connectivity index is 2.25. The fourth-order valence-corrected chi connectivity index (χ4v) is 4.05. The molecule has 1 aliphatic carbocycles. The minimum atomic E-state index is -2.85. The van der Waals surface area contributed by atoms with Crippen molar-refractivity contribution >= 4 is 17.7 Å². The first-order chi connectivity index (χ1) is 7.85. The fraction of sp³-hybridized carbons (Fsp3) is 0.909. The molecule has 1 N–H and O–H groups in total. The van der Waals surface area contributed by atoms with E-state index < -0.39 is 35.7 Å². The maximum Gasteiger partial charge on any atom is 0.315 e. The molecule has 1 saturated heterocycles. The number of carbonyl (C=O) groups excluding carboxylic acids is 1. The van der Waals surface area contributed by atoms with E-state index in [1.807, 2.05) is 0 Å². The number of carbonyl (C=O) groups is 1. The lowest BCUT2D eigenvalue weighted by Gasteiger charge is -2.55. The predicted molar refractivity (Wildman–Crippen MR) is 60.1 cm³/mol. The van der Waals surface area contributed by atoms with Crippen molar-refractivity contribution in [2.45, 2.75) is 37.2 Å². The molecule has 0 aromatic carbocycles. The molecule has 0 unspecified atom stereocenters. The first-order valence-electron chi connectivity index (χ1n) is 5.62. The minimum Gasteiger partial charge on any atom is -0.469 e. The van der Waals surface area contributed by atoms with Crippen LogP contribution < -0.4 is 0 Å². The fourth-order valence-electron chi connectivity index (χ4n) is 2.88. The molecule has 1 heterocycles. The maximum absolute atomic E-state index is 13.1. The average molecular weight is 266 g/mol. The Labute approximate surface area is 103 Å². The van der Waals surface area contributed by atoms with Gasteiger partial charge in [0.15, 0.2) is 0 Å². The smallest absolute Gasteiger partial charge is 0.315 e. The Hall–Kier alpha value is -0.360. The summed E-state index contributed by atoms with van der Waals surface area (Å²) in [5, 5.41) is 10.5. The molecule has 17 heavy (non-hydrogen) atoms. The first-order valence-corrected chi connectivity index (χ1v) is 6.77. The van der Waals surface area contributed by atoms with Crippen molar-refractivity contribution in [3.8, 4) is 0 Å². The number of hydrogen-bond acceptors (Lipinski definition) is 4. The van der Waals surface area contributed by atoms with Gasteiger partial charge in [-0.25, -0.2) is 8.78 Å². The lowest BCUT2D eigenvalue weighted by atomic mass is 9.55. The zero-order valence-corrected chi connectivity index (χ0v) is 10.5. The molecule has 0 amide bonds. The van der Waals surface area contributed by atoms with Gasteiger partial charge in [0.25, 0.3) is 5.92 Å². The van der Waals surface area contributed by atoms with Crippen LogP contribution in [0.4, 0.5) is 8.78 Å². The van der Waals surface area contributed by atoms with E-state index in [4.69, 9.17) is 0 Å². The zero-order chi connectivity index (χ0) is 12.7. The quantitative estimate of drug-likeness (QED) is 0.775. The number of alkyl halides is 2. The second kappa shape index (κ2) is 4.09. The van der Waals surface area contributed by atoms with Crippen LogP contribution in [0.2, 0.25) is 0 Å². The third kappa shape index (κ3) is 1.95. The lowest BCUT2D eigenvalue weighted by Crippen LogP contribution is -2.65. The second-order valence-electron chi connectivity index (χ2n) is 4.93. The highest BCUT2D eigenvalue weighted by atomic mass is 32.2. The predicted octanol–water partition coefficient (Wildman–Crippen LogP) is 1.83. The monoisotopic (exact) mass is 266 g/mol. The molecule has 1 saturated carbocycles. The molecule has 0 aromatic rings. The largest absolute Gasteiger partial charge is 0.469 e. The standard InChI is InChI=1S/C11H16F2O3S/c1-16-8(14)9(6-11(12,13)7-9)10(15)2-4-17-5-3-10/h15H,2-7H2,1H3. The van der Waals surface area contributed by atoms with Crippen LogP contribution in [-0.2, 0) is 9.53 Å². The van der Waals surface area contributed by atoms with Crippen molar-refractivity contribution in [2.24, 2.45) is 5.41 Å². The molecular weight excluding hydrogens is 250 g/mol. The molecule has 0 bridgehead atoms. The number of hydrogen-bond donors (Lipinski definition) is 1. The summed E-state index contributed by atoms with van der Waals surface area (Å²) in [6.07, 6.45) is -0.423. The molecule has 0 aromatic heterocycles. The van der Waals surface area contributed by atoms with Gasteiger partial charge in [0.1, 0.15) is 5.41 Å². The summed E-state index contributed by atoms with van der Waals surface area (Å²) >= 11 is 1.67. The van der Waals surface area contributed by atoms with Crippen LogP contribution >= 0.6 is 11.8 Å². The molecule has 2 fully saturated rings. The zero-order valence-electron chi connectivity index (χ0n) is 9.67. The van der Waals surface area contributed by atoms with Crippen LogP contribution in [0.15, 0.2) is 0 Å².